The zero-order valence-electron chi connectivity index (χ0n) is 16.0. The first-order valence-corrected chi connectivity index (χ1v) is 9.23. The van der Waals surface area contributed by atoms with E-state index >= 15 is 0 Å². The van der Waals surface area contributed by atoms with Crippen molar-refractivity contribution in [3.8, 4) is 0 Å². The van der Waals surface area contributed by atoms with Crippen LogP contribution in [0, 0.1) is 24.5 Å². The molecule has 0 saturated carbocycles. The summed E-state index contributed by atoms with van der Waals surface area (Å²) in [5, 5.41) is 0. The van der Waals surface area contributed by atoms with Crippen molar-refractivity contribution in [3.63, 3.8) is 0 Å². The lowest BCUT2D eigenvalue weighted by molar-refractivity contribution is -0.149. The van der Waals surface area contributed by atoms with Gasteiger partial charge in [-0.15, -0.1) is 0 Å². The van der Waals surface area contributed by atoms with Crippen LogP contribution in [0.5, 0.6) is 0 Å². The van der Waals surface area contributed by atoms with E-state index in [0.717, 1.165) is 22.6 Å². The summed E-state index contributed by atoms with van der Waals surface area (Å²) in [6.45, 7) is 1.55. The fourth-order valence-electron chi connectivity index (χ4n) is 3.39. The topological polar surface area (TPSA) is 81.0 Å². The molecule has 7 nitrogen and oxygen atoms in total. The molecule has 154 valence electrons. The van der Waals surface area contributed by atoms with Crippen molar-refractivity contribution in [2.24, 2.45) is 5.92 Å². The van der Waals surface area contributed by atoms with Gasteiger partial charge in [-0.05, 0) is 30.7 Å². The van der Waals surface area contributed by atoms with Gasteiger partial charge in [0.2, 0.25) is 5.91 Å². The average Bonchev–Trinajstić information content (AvgIpc) is 3.08. The summed E-state index contributed by atoms with van der Waals surface area (Å²) in [5.41, 5.74) is 1.22. The summed E-state index contributed by atoms with van der Waals surface area (Å²) in [6, 6.07) is 7.66. The third-order valence-corrected chi connectivity index (χ3v) is 4.88. The Kier molecular flexibility index (Phi) is 5.03. The van der Waals surface area contributed by atoms with Crippen molar-refractivity contribution < 1.29 is 23.1 Å². The summed E-state index contributed by atoms with van der Waals surface area (Å²) in [7, 11) is 0. The smallest absolute Gasteiger partial charge is 0.311 e. The van der Waals surface area contributed by atoms with E-state index in [1.54, 1.807) is 12.3 Å². The molecule has 1 aromatic carbocycles. The Labute approximate surface area is 169 Å². The molecule has 1 saturated heterocycles. The number of aromatic nitrogens is 2. The van der Waals surface area contributed by atoms with Crippen molar-refractivity contribution in [1.29, 1.82) is 0 Å². The van der Waals surface area contributed by atoms with Crippen molar-refractivity contribution in [2.75, 3.05) is 11.4 Å². The predicted octanol–water partition coefficient (Wildman–Crippen LogP) is 2.38. The van der Waals surface area contributed by atoms with Gasteiger partial charge in [0.1, 0.15) is 23.9 Å². The van der Waals surface area contributed by atoms with Crippen LogP contribution in [0.4, 0.5) is 14.5 Å². The molecule has 4 rings (SSSR count). The number of carbonyl (C=O) groups excluding carboxylic acids is 2. The number of aryl methyl sites for hydroxylation is 1. The summed E-state index contributed by atoms with van der Waals surface area (Å²) >= 11 is 0. The van der Waals surface area contributed by atoms with E-state index in [1.165, 1.54) is 10.5 Å². The number of benzene rings is 1. The second kappa shape index (κ2) is 7.66. The molecule has 0 radical (unpaired) electrons. The number of esters is 1. The van der Waals surface area contributed by atoms with Crippen LogP contribution >= 0.6 is 0 Å². The van der Waals surface area contributed by atoms with Gasteiger partial charge in [-0.25, -0.2) is 13.8 Å². The molecule has 1 amide bonds. The minimum Gasteiger partial charge on any atom is -0.459 e. The van der Waals surface area contributed by atoms with E-state index in [1.807, 2.05) is 13.0 Å². The average molecular weight is 413 g/mol. The van der Waals surface area contributed by atoms with Crippen LogP contribution in [0.1, 0.15) is 17.7 Å². The van der Waals surface area contributed by atoms with Crippen LogP contribution < -0.4 is 10.5 Å². The molecule has 0 N–H and O–H groups in total. The number of nitrogens with zero attached hydrogens (tertiary/aromatic N) is 3. The monoisotopic (exact) mass is 413 g/mol. The summed E-state index contributed by atoms with van der Waals surface area (Å²) < 4.78 is 33.7. The number of anilines is 1. The van der Waals surface area contributed by atoms with Crippen molar-refractivity contribution in [2.45, 2.75) is 20.0 Å². The van der Waals surface area contributed by atoms with Crippen LogP contribution in [0.15, 0.2) is 47.4 Å². The molecule has 0 spiro atoms. The first-order valence-electron chi connectivity index (χ1n) is 9.23. The number of carbonyl (C=O) groups is 2. The van der Waals surface area contributed by atoms with E-state index in [4.69, 9.17) is 4.74 Å². The lowest BCUT2D eigenvalue weighted by Gasteiger charge is -2.17. The molecule has 0 bridgehead atoms. The Hall–Kier alpha value is -3.62. The van der Waals surface area contributed by atoms with Gasteiger partial charge in [0.15, 0.2) is 0 Å². The number of hydrogen-bond acceptors (Lipinski definition) is 5. The molecule has 1 fully saturated rings. The Morgan fingerprint density at radius 2 is 2.00 bits per heavy atom. The minimum atomic E-state index is -0.881. The zero-order chi connectivity index (χ0) is 21.4. The van der Waals surface area contributed by atoms with E-state index in [9.17, 15) is 23.2 Å². The van der Waals surface area contributed by atoms with Gasteiger partial charge in [0, 0.05) is 31.3 Å². The highest BCUT2D eigenvalue weighted by atomic mass is 19.1. The molecule has 9 heteroatoms. The van der Waals surface area contributed by atoms with Gasteiger partial charge in [-0.1, -0.05) is 6.07 Å². The zero-order valence-corrected chi connectivity index (χ0v) is 16.0. The Bertz CT molecular complexity index is 1220. The van der Waals surface area contributed by atoms with Crippen molar-refractivity contribution in [3.05, 3.63) is 75.8 Å². The summed E-state index contributed by atoms with van der Waals surface area (Å²) in [5.74, 6) is -3.55. The summed E-state index contributed by atoms with van der Waals surface area (Å²) in [6.07, 6.45) is 1.51. The SMILES string of the molecule is Cc1ccc2nc(COC(=O)C3CC(=O)N(c4ccc(F)cc4F)C3)cc(=O)n2c1. The molecule has 3 heterocycles. The number of fused-ring (bicyclic) bond motifs is 1. The molecule has 0 aliphatic carbocycles. The molecule has 1 atom stereocenters. The molecule has 3 aromatic rings. The highest BCUT2D eigenvalue weighted by molar-refractivity contribution is 5.99. The van der Waals surface area contributed by atoms with Gasteiger partial charge >= 0.3 is 5.97 Å². The molecule has 2 aromatic heterocycles. The van der Waals surface area contributed by atoms with Gasteiger partial charge in [0.05, 0.1) is 17.3 Å². The Morgan fingerprint density at radius 1 is 1.20 bits per heavy atom. The van der Waals surface area contributed by atoms with E-state index in [0.29, 0.717) is 11.7 Å². The van der Waals surface area contributed by atoms with E-state index in [2.05, 4.69) is 4.98 Å². The third kappa shape index (κ3) is 3.78. The molecular weight excluding hydrogens is 396 g/mol. The third-order valence-electron chi connectivity index (χ3n) is 4.88. The van der Waals surface area contributed by atoms with E-state index in [-0.39, 0.29) is 36.5 Å². The molecule has 1 aliphatic rings. The molecule has 1 aliphatic heterocycles. The molecule has 30 heavy (non-hydrogen) atoms. The van der Waals surface area contributed by atoms with Crippen LogP contribution in [0.3, 0.4) is 0 Å². The van der Waals surface area contributed by atoms with Gasteiger partial charge < -0.3 is 9.64 Å². The molecule has 1 unspecified atom stereocenters. The number of ether oxygens (including phenoxy) is 1. The fourth-order valence-corrected chi connectivity index (χ4v) is 3.39. The number of rotatable bonds is 4. The standard InChI is InChI=1S/C21H17F2N3O4/c1-12-2-5-18-24-15(8-20(28)26(18)9-12)11-30-21(29)13-6-19(27)25(10-13)17-4-3-14(22)7-16(17)23/h2-5,7-9,13H,6,10-11H2,1H3. The van der Waals surface area contributed by atoms with Crippen molar-refractivity contribution >= 4 is 23.2 Å². The minimum absolute atomic E-state index is 0.0761. The number of pyridine rings is 1. The van der Waals surface area contributed by atoms with Crippen LogP contribution in [0.2, 0.25) is 0 Å². The van der Waals surface area contributed by atoms with Gasteiger partial charge in [-0.3, -0.25) is 18.8 Å². The Balaban J connectivity index is 1.45. The number of halogens is 2. The summed E-state index contributed by atoms with van der Waals surface area (Å²) in [4.78, 5) is 42.2. The maximum Gasteiger partial charge on any atom is 0.311 e. The van der Waals surface area contributed by atoms with Crippen LogP contribution in [-0.4, -0.2) is 27.8 Å². The van der Waals surface area contributed by atoms with Crippen LogP contribution in [-0.2, 0) is 20.9 Å². The fraction of sp³-hybridized carbons (Fsp3) is 0.238. The van der Waals surface area contributed by atoms with Gasteiger partial charge in [0.25, 0.3) is 5.56 Å². The maximum absolute atomic E-state index is 14.0. The number of amides is 1. The number of hydrogen-bond donors (Lipinski definition) is 0. The predicted molar refractivity (Wildman–Crippen MR) is 103 cm³/mol. The lowest BCUT2D eigenvalue weighted by atomic mass is 10.1. The maximum atomic E-state index is 14.0. The normalized spacial score (nSPS) is 16.3. The highest BCUT2D eigenvalue weighted by Gasteiger charge is 2.37. The second-order valence-corrected chi connectivity index (χ2v) is 7.13. The first kappa shape index (κ1) is 19.7. The lowest BCUT2D eigenvalue weighted by Crippen LogP contribution is -2.27. The largest absolute Gasteiger partial charge is 0.459 e. The Morgan fingerprint density at radius 3 is 2.77 bits per heavy atom. The van der Waals surface area contributed by atoms with Crippen LogP contribution in [0.25, 0.3) is 5.65 Å². The van der Waals surface area contributed by atoms with E-state index < -0.39 is 29.4 Å². The second-order valence-electron chi connectivity index (χ2n) is 7.13. The highest BCUT2D eigenvalue weighted by Crippen LogP contribution is 2.28. The molecular formula is C21H17F2N3O4. The first-order chi connectivity index (χ1) is 14.3. The quantitative estimate of drug-likeness (QED) is 0.614. The van der Waals surface area contributed by atoms with Crippen molar-refractivity contribution in [1.82, 2.24) is 9.38 Å². The van der Waals surface area contributed by atoms with Gasteiger partial charge in [-0.2, -0.15) is 0 Å².